The standard InChI is InChI=1S/C4H5O4Si/c5-3(9)2-1-7-4(6)8-2/h2-3,5H,1H2. The summed E-state index contributed by atoms with van der Waals surface area (Å²) >= 11 is 0. The molecule has 9 heavy (non-hydrogen) atoms. The van der Waals surface area contributed by atoms with Crippen LogP contribution in [-0.2, 0) is 9.47 Å². The molecule has 0 bridgehead atoms. The predicted octanol–water partition coefficient (Wildman–Crippen LogP) is -0.991. The van der Waals surface area contributed by atoms with E-state index in [0.29, 0.717) is 0 Å². The normalized spacial score (nSPS) is 29.1. The summed E-state index contributed by atoms with van der Waals surface area (Å²) in [6.07, 6.45) is -1.29. The van der Waals surface area contributed by atoms with Crippen LogP contribution in [0, 0.1) is 0 Å². The van der Waals surface area contributed by atoms with Crippen molar-refractivity contribution in [2.24, 2.45) is 0 Å². The lowest BCUT2D eigenvalue weighted by molar-refractivity contribution is 0.0743. The fourth-order valence-electron chi connectivity index (χ4n) is 0.497. The van der Waals surface area contributed by atoms with Crippen molar-refractivity contribution in [1.29, 1.82) is 0 Å². The van der Waals surface area contributed by atoms with E-state index >= 15 is 0 Å². The lowest BCUT2D eigenvalue weighted by Gasteiger charge is -2.06. The molecule has 49 valence electrons. The minimum Gasteiger partial charge on any atom is -0.430 e. The molecule has 2 atom stereocenters. The van der Waals surface area contributed by atoms with Crippen LogP contribution in [0.5, 0.6) is 0 Å². The third-order valence-electron chi connectivity index (χ3n) is 0.965. The molecule has 0 aromatic carbocycles. The van der Waals surface area contributed by atoms with E-state index in [1.807, 2.05) is 0 Å². The Kier molecular flexibility index (Phi) is 1.72. The first-order valence-electron chi connectivity index (χ1n) is 2.43. The van der Waals surface area contributed by atoms with Gasteiger partial charge in [-0.15, -0.1) is 0 Å². The molecule has 1 saturated heterocycles. The highest BCUT2D eigenvalue weighted by Crippen LogP contribution is 2.07. The zero-order chi connectivity index (χ0) is 6.85. The average Bonchev–Trinajstić information content (AvgIpc) is 2.14. The third-order valence-corrected chi connectivity index (χ3v) is 1.34. The van der Waals surface area contributed by atoms with E-state index in [1.165, 1.54) is 0 Å². The average molecular weight is 145 g/mol. The van der Waals surface area contributed by atoms with Gasteiger partial charge in [0.25, 0.3) is 0 Å². The van der Waals surface area contributed by atoms with Crippen molar-refractivity contribution < 1.29 is 19.4 Å². The molecule has 1 aliphatic rings. The molecule has 5 heteroatoms. The largest absolute Gasteiger partial charge is 0.508 e. The molecule has 1 rings (SSSR count). The van der Waals surface area contributed by atoms with Gasteiger partial charge in [-0.2, -0.15) is 0 Å². The number of rotatable bonds is 1. The molecule has 0 amide bonds. The van der Waals surface area contributed by atoms with E-state index in [0.717, 1.165) is 0 Å². The van der Waals surface area contributed by atoms with E-state index in [1.54, 1.807) is 0 Å². The van der Waals surface area contributed by atoms with Crippen molar-refractivity contribution >= 4 is 16.4 Å². The van der Waals surface area contributed by atoms with E-state index in [-0.39, 0.29) is 6.61 Å². The maximum atomic E-state index is 10.2. The molecular weight excluding hydrogens is 140 g/mol. The number of ether oxygens (including phenoxy) is 2. The minimum atomic E-state index is -0.837. The Labute approximate surface area is 55.2 Å². The van der Waals surface area contributed by atoms with Gasteiger partial charge < -0.3 is 14.6 Å². The van der Waals surface area contributed by atoms with Gasteiger partial charge in [-0.25, -0.2) is 4.79 Å². The Balaban J connectivity index is 2.39. The Hall–Kier alpha value is -0.553. The molecular formula is C4H5O4Si. The van der Waals surface area contributed by atoms with Gasteiger partial charge in [0.2, 0.25) is 0 Å². The second-order valence-corrected chi connectivity index (χ2v) is 2.25. The molecule has 0 aliphatic carbocycles. The van der Waals surface area contributed by atoms with Crippen LogP contribution in [0.2, 0.25) is 0 Å². The number of cyclic esters (lactones) is 2. The highest BCUT2D eigenvalue weighted by molar-refractivity contribution is 6.11. The Morgan fingerprint density at radius 1 is 1.89 bits per heavy atom. The van der Waals surface area contributed by atoms with Gasteiger partial charge in [0.15, 0.2) is 6.10 Å². The van der Waals surface area contributed by atoms with Crippen LogP contribution in [0.4, 0.5) is 4.79 Å². The van der Waals surface area contributed by atoms with Crippen LogP contribution in [0.3, 0.4) is 0 Å². The summed E-state index contributed by atoms with van der Waals surface area (Å²) in [5.74, 6) is 0. The molecule has 0 spiro atoms. The van der Waals surface area contributed by atoms with Crippen molar-refractivity contribution in [2.75, 3.05) is 6.61 Å². The van der Waals surface area contributed by atoms with Gasteiger partial charge in [0.1, 0.15) is 6.61 Å². The minimum absolute atomic E-state index is 0.115. The van der Waals surface area contributed by atoms with Crippen molar-refractivity contribution in [2.45, 2.75) is 11.8 Å². The zero-order valence-corrected chi connectivity index (χ0v) is 5.53. The lowest BCUT2D eigenvalue weighted by atomic mass is 10.4. The highest BCUT2D eigenvalue weighted by atomic mass is 28.1. The van der Waals surface area contributed by atoms with Gasteiger partial charge >= 0.3 is 6.16 Å². The van der Waals surface area contributed by atoms with Crippen LogP contribution in [0.25, 0.3) is 0 Å². The monoisotopic (exact) mass is 145 g/mol. The molecule has 2 unspecified atom stereocenters. The Bertz CT molecular complexity index is 124. The summed E-state index contributed by atoms with van der Waals surface area (Å²) in [5, 5.41) is 8.73. The number of hydrogen-bond donors (Lipinski definition) is 1. The van der Waals surface area contributed by atoms with Gasteiger partial charge in [0.05, 0.1) is 16.0 Å². The maximum absolute atomic E-state index is 10.2. The van der Waals surface area contributed by atoms with Crippen LogP contribution in [-0.4, -0.2) is 39.9 Å². The predicted molar refractivity (Wildman–Crippen MR) is 28.0 cm³/mol. The second-order valence-electron chi connectivity index (χ2n) is 1.66. The molecule has 0 saturated carbocycles. The molecule has 0 aromatic heterocycles. The van der Waals surface area contributed by atoms with Crippen molar-refractivity contribution in [3.05, 3.63) is 0 Å². The van der Waals surface area contributed by atoms with Crippen LogP contribution >= 0.6 is 0 Å². The molecule has 3 radical (unpaired) electrons. The number of aliphatic hydroxyl groups excluding tert-OH is 1. The SMILES string of the molecule is O=C1OCC(C(O)[Si])O1. The number of aliphatic hydroxyl groups is 1. The second kappa shape index (κ2) is 2.36. The highest BCUT2D eigenvalue weighted by Gasteiger charge is 2.28. The zero-order valence-electron chi connectivity index (χ0n) is 4.53. The number of carbonyl (C=O) groups is 1. The molecule has 0 aromatic rings. The fraction of sp³-hybridized carbons (Fsp3) is 0.750. The Morgan fingerprint density at radius 2 is 2.56 bits per heavy atom. The summed E-state index contributed by atoms with van der Waals surface area (Å²) in [4.78, 5) is 10.2. The lowest BCUT2D eigenvalue weighted by Crippen LogP contribution is -2.27. The van der Waals surface area contributed by atoms with E-state index in [9.17, 15) is 4.79 Å². The molecule has 1 N–H and O–H groups in total. The van der Waals surface area contributed by atoms with Gasteiger partial charge in [-0.3, -0.25) is 0 Å². The molecule has 1 aliphatic heterocycles. The first kappa shape index (κ1) is 6.57. The van der Waals surface area contributed by atoms with Gasteiger partial charge in [-0.05, 0) is 0 Å². The summed E-state index contributed by atoms with van der Waals surface area (Å²) in [6.45, 7) is 0.115. The van der Waals surface area contributed by atoms with Gasteiger partial charge in [0, 0.05) is 0 Å². The van der Waals surface area contributed by atoms with Crippen molar-refractivity contribution in [3.63, 3.8) is 0 Å². The topological polar surface area (TPSA) is 55.8 Å². The Morgan fingerprint density at radius 3 is 2.78 bits per heavy atom. The third kappa shape index (κ3) is 1.43. The molecule has 4 nitrogen and oxygen atoms in total. The summed E-state index contributed by atoms with van der Waals surface area (Å²) < 4.78 is 8.84. The van der Waals surface area contributed by atoms with E-state index in [2.05, 4.69) is 19.7 Å². The van der Waals surface area contributed by atoms with E-state index in [4.69, 9.17) is 5.11 Å². The van der Waals surface area contributed by atoms with Gasteiger partial charge in [-0.1, -0.05) is 0 Å². The maximum Gasteiger partial charge on any atom is 0.508 e. The quantitative estimate of drug-likeness (QED) is 0.380. The summed E-state index contributed by atoms with van der Waals surface area (Å²) in [5.41, 5.74) is -0.837. The first-order chi connectivity index (χ1) is 4.20. The van der Waals surface area contributed by atoms with Crippen LogP contribution in [0.15, 0.2) is 0 Å². The first-order valence-corrected chi connectivity index (χ1v) is 3.00. The van der Waals surface area contributed by atoms with E-state index < -0.39 is 18.0 Å². The van der Waals surface area contributed by atoms with Crippen molar-refractivity contribution in [1.82, 2.24) is 0 Å². The summed E-state index contributed by atoms with van der Waals surface area (Å²) in [7, 11) is 2.87. The summed E-state index contributed by atoms with van der Waals surface area (Å²) in [6, 6.07) is 0. The number of carbonyl (C=O) groups excluding carboxylic acids is 1. The smallest absolute Gasteiger partial charge is 0.430 e. The molecule has 1 heterocycles. The van der Waals surface area contributed by atoms with Crippen molar-refractivity contribution in [3.8, 4) is 0 Å². The fourth-order valence-corrected chi connectivity index (χ4v) is 0.662. The van der Waals surface area contributed by atoms with Crippen LogP contribution in [0.1, 0.15) is 0 Å². The van der Waals surface area contributed by atoms with Crippen LogP contribution < -0.4 is 0 Å². The molecule has 1 fully saturated rings. The number of hydrogen-bond acceptors (Lipinski definition) is 4.